The van der Waals surface area contributed by atoms with Crippen molar-refractivity contribution in [2.24, 2.45) is 0 Å². The van der Waals surface area contributed by atoms with E-state index in [1.807, 2.05) is 0 Å². The molecule has 0 spiro atoms. The van der Waals surface area contributed by atoms with Crippen molar-refractivity contribution in [3.8, 4) is 0 Å². The standard InChI is InChI=1S/C10H6O8.2C4H11NO2.2C4H10NO2.2CH4O.2Cu/c11-7(12)3-1-4(8(13)14)6(10(17)18)2-5(3)9(15)16;4*6-3-1-5-2-4-7;2*1-2;;/h1-2H,(H,11,12)(H,13,14)(H,15,16)(H,17,18);2*5-7H,1-4H2;2*5-6H,1-4H2;2*2H,1H3;;/q;;;2*-1;;;2*+2/p-2. The third-order valence-corrected chi connectivity index (χ3v) is 4.35. The molecule has 22 nitrogen and oxygen atoms in total. The van der Waals surface area contributed by atoms with Crippen LogP contribution in [0.5, 0.6) is 0 Å². The number of carboxylic acid groups (broad SMARTS) is 4. The van der Waals surface area contributed by atoms with E-state index in [1.54, 1.807) is 0 Å². The Kier molecular flexibility index (Phi) is 75.4. The monoisotopic (exact) mass is 860 g/mol. The molecular weight excluding hydrogens is 807 g/mol. The zero-order valence-electron chi connectivity index (χ0n) is 28.8. The van der Waals surface area contributed by atoms with Crippen LogP contribution in [0.4, 0.5) is 0 Å². The second-order valence-electron chi connectivity index (χ2n) is 7.88. The maximum Gasteiger partial charge on any atom is 2.00 e. The first kappa shape index (κ1) is 67.7. The van der Waals surface area contributed by atoms with Gasteiger partial charge in [-0.3, -0.25) is 0 Å². The Bertz CT molecular complexity index is 772. The zero-order valence-corrected chi connectivity index (χ0v) is 30.7. The molecule has 0 heterocycles. The van der Waals surface area contributed by atoms with Crippen LogP contribution in [0, 0.1) is 0 Å². The molecule has 0 amide bonds. The molecule has 52 heavy (non-hydrogen) atoms. The summed E-state index contributed by atoms with van der Waals surface area (Å²) >= 11 is 0. The fourth-order valence-electron chi connectivity index (χ4n) is 2.41. The molecule has 0 atom stereocenters. The smallest absolute Gasteiger partial charge is 0.854 e. The summed E-state index contributed by atoms with van der Waals surface area (Å²) in [6.07, 6.45) is 0. The van der Waals surface area contributed by atoms with Crippen LogP contribution in [0.3, 0.4) is 0 Å². The molecular formula is C28H54Cu2N4O18. The number of aliphatic hydroxyl groups excluding tert-OH is 8. The average Bonchev–Trinajstić information content (AvgIpc) is 3.11. The number of hydrogen-bond acceptors (Lipinski definition) is 20. The summed E-state index contributed by atoms with van der Waals surface area (Å²) in [6.45, 7) is 4.81. The van der Waals surface area contributed by atoms with Gasteiger partial charge in [-0.1, -0.05) is 0 Å². The molecule has 1 aromatic rings. The minimum Gasteiger partial charge on any atom is -0.854 e. The first-order valence-corrected chi connectivity index (χ1v) is 14.5. The number of rotatable bonds is 20. The molecule has 24 heteroatoms. The second-order valence-corrected chi connectivity index (χ2v) is 7.88. The van der Waals surface area contributed by atoms with E-state index in [-0.39, 0.29) is 87.0 Å². The largest absolute Gasteiger partial charge is 2.00 e. The van der Waals surface area contributed by atoms with Crippen molar-refractivity contribution in [1.82, 2.24) is 21.3 Å². The molecule has 316 valence electrons. The normalized spacial score (nSPS) is 8.69. The number of aliphatic hydroxyl groups is 8. The maximum atomic E-state index is 10.7. The summed E-state index contributed by atoms with van der Waals surface area (Å²) in [5.74, 6) is -7.32. The van der Waals surface area contributed by atoms with Crippen molar-refractivity contribution in [1.29, 1.82) is 0 Å². The van der Waals surface area contributed by atoms with E-state index in [4.69, 9.17) is 51.1 Å². The maximum absolute atomic E-state index is 10.7. The Morgan fingerprint density at radius 1 is 0.462 bits per heavy atom. The third-order valence-electron chi connectivity index (χ3n) is 4.35. The van der Waals surface area contributed by atoms with Crippen LogP contribution < -0.4 is 41.7 Å². The van der Waals surface area contributed by atoms with E-state index >= 15 is 0 Å². The Balaban J connectivity index is -0.0000000809. The van der Waals surface area contributed by atoms with Gasteiger partial charge in [0.2, 0.25) is 0 Å². The Morgan fingerprint density at radius 2 is 0.654 bits per heavy atom. The molecule has 0 aliphatic rings. The predicted molar refractivity (Wildman–Crippen MR) is 169 cm³/mol. The molecule has 0 aliphatic carbocycles. The van der Waals surface area contributed by atoms with E-state index < -0.39 is 46.1 Å². The summed E-state index contributed by atoms with van der Waals surface area (Å²) in [7, 11) is 2.00. The van der Waals surface area contributed by atoms with Crippen molar-refractivity contribution in [3.05, 3.63) is 34.4 Å². The summed E-state index contributed by atoms with van der Waals surface area (Å²) in [6, 6.07) is 0.818. The van der Waals surface area contributed by atoms with Crippen LogP contribution in [0.15, 0.2) is 12.1 Å². The van der Waals surface area contributed by atoms with Gasteiger partial charge in [-0.2, -0.15) is 0 Å². The topological polar surface area (TPSA) is 411 Å². The number of carboxylic acids is 4. The van der Waals surface area contributed by atoms with Gasteiger partial charge in [0, 0.05) is 64.6 Å². The summed E-state index contributed by atoms with van der Waals surface area (Å²) in [5.41, 5.74) is -3.63. The van der Waals surface area contributed by atoms with Crippen LogP contribution in [-0.4, -0.2) is 194 Å². The third kappa shape index (κ3) is 49.7. The predicted octanol–water partition coefficient (Wildman–Crippen LogP) is -10.00. The van der Waals surface area contributed by atoms with Gasteiger partial charge in [0.25, 0.3) is 0 Å². The summed E-state index contributed by atoms with van der Waals surface area (Å²) in [5, 5.41) is 132. The van der Waals surface area contributed by atoms with Gasteiger partial charge in [-0.15, -0.1) is 13.2 Å². The van der Waals surface area contributed by atoms with E-state index in [2.05, 4.69) is 21.3 Å². The number of nitrogens with one attached hydrogen (secondary N) is 4. The molecule has 0 saturated carbocycles. The minimum atomic E-state index is -1.93. The molecule has 14 N–H and O–H groups in total. The van der Waals surface area contributed by atoms with E-state index in [9.17, 15) is 39.6 Å². The van der Waals surface area contributed by atoms with E-state index in [0.717, 1.165) is 14.2 Å². The molecule has 0 fully saturated rings. The molecule has 0 unspecified atom stereocenters. The second kappa shape index (κ2) is 57.9. The quantitative estimate of drug-likeness (QED) is 0.0427. The Labute approximate surface area is 323 Å². The molecule has 2 radical (unpaired) electrons. The van der Waals surface area contributed by atoms with Crippen molar-refractivity contribution in [3.63, 3.8) is 0 Å². The number of aromatic carboxylic acids is 4. The van der Waals surface area contributed by atoms with Gasteiger partial charge in [0.1, 0.15) is 0 Å². The van der Waals surface area contributed by atoms with Crippen LogP contribution in [-0.2, 0) is 34.1 Å². The fraction of sp³-hybridized carbons (Fsp3) is 0.643. The Morgan fingerprint density at radius 3 is 0.788 bits per heavy atom. The molecule has 0 aromatic heterocycles. The van der Waals surface area contributed by atoms with Gasteiger partial charge in [0.05, 0.1) is 62.7 Å². The summed E-state index contributed by atoms with van der Waals surface area (Å²) in [4.78, 5) is 42.8. The molecule has 0 aliphatic heterocycles. The zero-order chi connectivity index (χ0) is 40.2. The number of carbonyl (C=O) groups is 4. The molecule has 1 aromatic carbocycles. The average molecular weight is 862 g/mol. The van der Waals surface area contributed by atoms with Gasteiger partial charge < -0.3 is 102 Å². The number of carbonyl (C=O) groups excluding carboxylic acids is 2. The first-order chi connectivity index (χ1) is 23.9. The van der Waals surface area contributed by atoms with Gasteiger partial charge in [-0.25, -0.2) is 9.59 Å². The Hall–Kier alpha value is -2.42. The number of hydrogen-bond donors (Lipinski definition) is 14. The van der Waals surface area contributed by atoms with Crippen molar-refractivity contribution < 1.29 is 125 Å². The van der Waals surface area contributed by atoms with Crippen LogP contribution in [0.1, 0.15) is 41.4 Å². The van der Waals surface area contributed by atoms with Crippen molar-refractivity contribution in [2.75, 3.05) is 119 Å². The van der Waals surface area contributed by atoms with Crippen LogP contribution in [0.25, 0.3) is 0 Å². The van der Waals surface area contributed by atoms with Crippen molar-refractivity contribution in [2.45, 2.75) is 0 Å². The van der Waals surface area contributed by atoms with E-state index in [1.165, 1.54) is 0 Å². The SMILES string of the molecule is CO.CO.O=C([O-])c1cc(C(=O)O)c(C(=O)[O-])cc1C(=O)O.OCCNCCO.OCCNCCO.[Cu+2].[Cu+2].[O-]CCNCCO.[O-]CCNCCO. The van der Waals surface area contributed by atoms with E-state index in [0.29, 0.717) is 64.5 Å². The molecule has 0 bridgehead atoms. The molecule has 0 saturated heterocycles. The first-order valence-electron chi connectivity index (χ1n) is 14.5. The van der Waals surface area contributed by atoms with Gasteiger partial charge in [0.15, 0.2) is 0 Å². The van der Waals surface area contributed by atoms with Gasteiger partial charge >= 0.3 is 46.1 Å². The van der Waals surface area contributed by atoms with Crippen molar-refractivity contribution >= 4 is 23.9 Å². The minimum absolute atomic E-state index is 0. The number of benzene rings is 1. The fourth-order valence-corrected chi connectivity index (χ4v) is 2.41. The summed E-state index contributed by atoms with van der Waals surface area (Å²) < 4.78 is 0. The van der Waals surface area contributed by atoms with Crippen LogP contribution >= 0.6 is 0 Å². The van der Waals surface area contributed by atoms with Gasteiger partial charge in [-0.05, 0) is 25.2 Å². The van der Waals surface area contributed by atoms with Crippen LogP contribution in [0.2, 0.25) is 0 Å². The molecule has 1 rings (SSSR count).